The van der Waals surface area contributed by atoms with Crippen molar-refractivity contribution in [1.29, 1.82) is 0 Å². The van der Waals surface area contributed by atoms with E-state index in [4.69, 9.17) is 4.52 Å². The van der Waals surface area contributed by atoms with Gasteiger partial charge < -0.3 is 5.11 Å². The minimum absolute atomic E-state index is 0.169. The van der Waals surface area contributed by atoms with Gasteiger partial charge in [-0.3, -0.25) is 0 Å². The number of aromatic hydroxyl groups is 1. The molecule has 1 unspecified atom stereocenters. The number of phenols is 1. The summed E-state index contributed by atoms with van der Waals surface area (Å²) >= 11 is 0. The summed E-state index contributed by atoms with van der Waals surface area (Å²) in [4.78, 5) is 0. The number of phenolic OH excluding ortho intramolecular Hbond substituents is 1. The molecule has 0 aliphatic carbocycles. The molecule has 4 heteroatoms. The molecule has 0 amide bonds. The maximum absolute atomic E-state index is 11.9. The molecule has 118 valence electrons. The van der Waals surface area contributed by atoms with Crippen LogP contribution in [-0.2, 0) is 26.1 Å². The molecule has 1 N–H and O–H groups in total. The fraction of sp³-hybridized carbons (Fsp3) is 0.647. The van der Waals surface area contributed by atoms with E-state index in [1.165, 1.54) is 0 Å². The Morgan fingerprint density at radius 1 is 1.05 bits per heavy atom. The van der Waals surface area contributed by atoms with E-state index < -0.39 is 8.03 Å². The van der Waals surface area contributed by atoms with Crippen LogP contribution >= 0.6 is 8.03 Å². The van der Waals surface area contributed by atoms with Gasteiger partial charge in [-0.15, -0.1) is 4.52 Å². The largest absolute Gasteiger partial charge is 0.512 e. The van der Waals surface area contributed by atoms with E-state index in [1.807, 2.05) is 19.1 Å². The maximum Gasteiger partial charge on any atom is 0.512 e. The van der Waals surface area contributed by atoms with Crippen LogP contribution in [0.25, 0.3) is 0 Å². The second-order valence-electron chi connectivity index (χ2n) is 7.45. The molecule has 0 aliphatic heterocycles. The maximum atomic E-state index is 11.9. The summed E-state index contributed by atoms with van der Waals surface area (Å²) in [6, 6.07) is 3.91. The van der Waals surface area contributed by atoms with E-state index in [9.17, 15) is 9.67 Å². The van der Waals surface area contributed by atoms with Crippen molar-refractivity contribution in [3.8, 4) is 5.75 Å². The van der Waals surface area contributed by atoms with Crippen molar-refractivity contribution in [3.05, 3.63) is 28.8 Å². The lowest BCUT2D eigenvalue weighted by molar-refractivity contribution is 0.349. The molecule has 0 aromatic heterocycles. The van der Waals surface area contributed by atoms with Gasteiger partial charge in [0.1, 0.15) is 5.75 Å². The molecule has 1 atom stereocenters. The molecule has 1 aromatic carbocycles. The molecule has 1 rings (SSSR count). The SMILES string of the molecule is CCO[P+](=O)Cc1cc(C(C)(C)C)c(O)c(C(C)(C)C)c1. The van der Waals surface area contributed by atoms with Crippen molar-refractivity contribution in [2.45, 2.75) is 65.5 Å². The highest BCUT2D eigenvalue weighted by molar-refractivity contribution is 7.38. The Labute approximate surface area is 129 Å². The number of hydrogen-bond acceptors (Lipinski definition) is 3. The molecule has 0 spiro atoms. The molecule has 0 bridgehead atoms. The Morgan fingerprint density at radius 3 is 1.81 bits per heavy atom. The van der Waals surface area contributed by atoms with Crippen LogP contribution in [0.2, 0.25) is 0 Å². The van der Waals surface area contributed by atoms with Gasteiger partial charge >= 0.3 is 8.03 Å². The topological polar surface area (TPSA) is 46.5 Å². The van der Waals surface area contributed by atoms with Gasteiger partial charge in [0.15, 0.2) is 0 Å². The molecule has 0 aliphatic rings. The van der Waals surface area contributed by atoms with Crippen LogP contribution in [0.15, 0.2) is 12.1 Å². The van der Waals surface area contributed by atoms with Crippen molar-refractivity contribution in [2.75, 3.05) is 6.61 Å². The Kier molecular flexibility index (Phi) is 5.57. The second kappa shape index (κ2) is 6.46. The van der Waals surface area contributed by atoms with Crippen molar-refractivity contribution >= 4 is 8.03 Å². The summed E-state index contributed by atoms with van der Waals surface area (Å²) in [5.74, 6) is 0.352. The first kappa shape index (κ1) is 18.1. The average molecular weight is 311 g/mol. The van der Waals surface area contributed by atoms with Gasteiger partial charge in [-0.05, 0) is 45.6 Å². The Bertz CT molecular complexity index is 487. The molecule has 0 saturated carbocycles. The van der Waals surface area contributed by atoms with E-state index in [0.717, 1.165) is 16.7 Å². The van der Waals surface area contributed by atoms with Gasteiger partial charge in [-0.1, -0.05) is 41.5 Å². The summed E-state index contributed by atoms with van der Waals surface area (Å²) < 4.78 is 17.1. The fourth-order valence-electron chi connectivity index (χ4n) is 2.27. The lowest BCUT2D eigenvalue weighted by Crippen LogP contribution is -2.17. The van der Waals surface area contributed by atoms with E-state index >= 15 is 0 Å². The van der Waals surface area contributed by atoms with Gasteiger partial charge in [0.2, 0.25) is 6.16 Å². The van der Waals surface area contributed by atoms with Crippen molar-refractivity contribution in [2.24, 2.45) is 0 Å². The summed E-state index contributed by atoms with van der Waals surface area (Å²) in [6.07, 6.45) is 0.385. The monoisotopic (exact) mass is 311 g/mol. The smallest absolute Gasteiger partial charge is 0.507 e. The molecule has 0 heterocycles. The third kappa shape index (κ3) is 4.79. The average Bonchev–Trinajstić information content (AvgIpc) is 2.28. The summed E-state index contributed by atoms with van der Waals surface area (Å²) in [6.45, 7) is 14.7. The Hall–Kier alpha value is -0.920. The molecule has 0 fully saturated rings. The number of rotatable bonds is 4. The summed E-state index contributed by atoms with van der Waals surface area (Å²) in [5.41, 5.74) is 2.40. The van der Waals surface area contributed by atoms with Crippen LogP contribution in [0.3, 0.4) is 0 Å². The molecule has 0 saturated heterocycles. The molecule has 1 aromatic rings. The Morgan fingerprint density at radius 2 is 1.48 bits per heavy atom. The van der Waals surface area contributed by atoms with Gasteiger partial charge in [0.05, 0.1) is 6.61 Å². The molecular formula is C17H28O3P+. The minimum atomic E-state index is -1.69. The predicted molar refractivity (Wildman–Crippen MR) is 88.4 cm³/mol. The zero-order chi connectivity index (χ0) is 16.4. The highest BCUT2D eigenvalue weighted by Gasteiger charge is 2.28. The lowest BCUT2D eigenvalue weighted by Gasteiger charge is -2.27. The first-order chi connectivity index (χ1) is 9.46. The highest BCUT2D eigenvalue weighted by atomic mass is 31.1. The van der Waals surface area contributed by atoms with Crippen LogP contribution in [0.1, 0.15) is 65.2 Å². The van der Waals surface area contributed by atoms with Crippen LogP contribution in [-0.4, -0.2) is 11.7 Å². The molecule has 21 heavy (non-hydrogen) atoms. The van der Waals surface area contributed by atoms with Crippen LogP contribution in [0, 0.1) is 0 Å². The molecular weight excluding hydrogens is 283 g/mol. The van der Waals surface area contributed by atoms with E-state index in [2.05, 4.69) is 41.5 Å². The van der Waals surface area contributed by atoms with Gasteiger partial charge in [-0.2, -0.15) is 0 Å². The minimum Gasteiger partial charge on any atom is -0.507 e. The van der Waals surface area contributed by atoms with Gasteiger partial charge in [0, 0.05) is 5.56 Å². The van der Waals surface area contributed by atoms with E-state index in [1.54, 1.807) is 0 Å². The lowest BCUT2D eigenvalue weighted by atomic mass is 9.78. The Balaban J connectivity index is 3.37. The van der Waals surface area contributed by atoms with Crippen molar-refractivity contribution < 1.29 is 14.2 Å². The first-order valence-corrected chi connectivity index (χ1v) is 8.77. The molecule has 0 radical (unpaired) electrons. The first-order valence-electron chi connectivity index (χ1n) is 7.41. The number of hydrogen-bond donors (Lipinski definition) is 1. The van der Waals surface area contributed by atoms with Crippen LogP contribution in [0.4, 0.5) is 0 Å². The van der Waals surface area contributed by atoms with E-state index in [0.29, 0.717) is 18.5 Å². The third-order valence-electron chi connectivity index (χ3n) is 3.37. The summed E-state index contributed by atoms with van der Waals surface area (Å²) in [5, 5.41) is 10.6. The predicted octanol–water partition coefficient (Wildman–Crippen LogP) is 5.27. The fourth-order valence-corrected chi connectivity index (χ4v) is 3.13. The third-order valence-corrected chi connectivity index (χ3v) is 4.54. The number of benzene rings is 1. The normalized spacial score (nSPS) is 13.4. The van der Waals surface area contributed by atoms with Crippen molar-refractivity contribution in [1.82, 2.24) is 0 Å². The van der Waals surface area contributed by atoms with Crippen LogP contribution in [0.5, 0.6) is 5.75 Å². The van der Waals surface area contributed by atoms with Crippen LogP contribution < -0.4 is 0 Å². The standard InChI is InChI=1S/C17H27O3P/c1-8-20-21(19)11-12-9-13(16(2,3)4)15(18)14(10-12)17(5,6)7/h9-10H,8,11H2,1-7H3/p+1. The highest BCUT2D eigenvalue weighted by Crippen LogP contribution is 2.41. The summed E-state index contributed by atoms with van der Waals surface area (Å²) in [7, 11) is -1.69. The van der Waals surface area contributed by atoms with Gasteiger partial charge in [0.25, 0.3) is 0 Å². The van der Waals surface area contributed by atoms with Crippen molar-refractivity contribution in [3.63, 3.8) is 0 Å². The quantitative estimate of drug-likeness (QED) is 0.771. The molecule has 3 nitrogen and oxygen atoms in total. The van der Waals surface area contributed by atoms with E-state index in [-0.39, 0.29) is 10.8 Å². The van der Waals surface area contributed by atoms with Gasteiger partial charge in [-0.25, -0.2) is 0 Å². The second-order valence-corrected chi connectivity index (χ2v) is 8.69. The zero-order valence-electron chi connectivity index (χ0n) is 14.3. The zero-order valence-corrected chi connectivity index (χ0v) is 15.2.